The van der Waals surface area contributed by atoms with Gasteiger partial charge in [0.2, 0.25) is 0 Å². The van der Waals surface area contributed by atoms with E-state index in [0.29, 0.717) is 13.0 Å². The van der Waals surface area contributed by atoms with Gasteiger partial charge >= 0.3 is 6.09 Å². The lowest BCUT2D eigenvalue weighted by atomic mass is 10.2. The number of likely N-dealkylation sites (tertiary alicyclic amines) is 1. The van der Waals surface area contributed by atoms with Gasteiger partial charge in [0.15, 0.2) is 0 Å². The minimum absolute atomic E-state index is 0.176. The molecule has 0 bridgehead atoms. The number of aliphatic hydroxyl groups is 1. The topological polar surface area (TPSA) is 65.4 Å². The van der Waals surface area contributed by atoms with Gasteiger partial charge in [-0.15, -0.1) is 0 Å². The first-order chi connectivity index (χ1) is 8.63. The van der Waals surface area contributed by atoms with Crippen LogP contribution in [0.25, 0.3) is 0 Å². The molecule has 1 amide bonds. The van der Waals surface area contributed by atoms with Crippen LogP contribution < -0.4 is 0 Å². The third kappa shape index (κ3) is 2.48. The number of aliphatic imine (C=N–C) groups is 1. The van der Waals surface area contributed by atoms with Gasteiger partial charge in [-0.1, -0.05) is 12.7 Å². The lowest BCUT2D eigenvalue weighted by Gasteiger charge is -2.27. The van der Waals surface area contributed by atoms with Crippen molar-refractivity contribution >= 4 is 11.9 Å². The second-order valence-electron chi connectivity index (χ2n) is 4.58. The molecule has 0 aliphatic carbocycles. The van der Waals surface area contributed by atoms with E-state index < -0.39 is 12.2 Å². The number of hydrogen-bond acceptors (Lipinski definition) is 5. The summed E-state index contributed by atoms with van der Waals surface area (Å²) in [7, 11) is 1.95. The molecule has 0 spiro atoms. The zero-order valence-electron chi connectivity index (χ0n) is 10.6. The second kappa shape index (κ2) is 5.39. The summed E-state index contributed by atoms with van der Waals surface area (Å²) in [5.41, 5.74) is 0. The third-order valence-corrected chi connectivity index (χ3v) is 3.24. The molecule has 100 valence electrons. The Morgan fingerprint density at radius 1 is 1.72 bits per heavy atom. The van der Waals surface area contributed by atoms with Crippen molar-refractivity contribution in [2.75, 3.05) is 33.3 Å². The fraction of sp³-hybridized carbons (Fsp3) is 0.667. The third-order valence-electron chi connectivity index (χ3n) is 3.24. The van der Waals surface area contributed by atoms with Crippen molar-refractivity contribution in [1.82, 2.24) is 9.80 Å². The smallest absolute Gasteiger partial charge is 0.410 e. The van der Waals surface area contributed by atoms with E-state index in [0.717, 1.165) is 18.9 Å². The highest BCUT2D eigenvalue weighted by molar-refractivity contribution is 5.91. The van der Waals surface area contributed by atoms with Crippen molar-refractivity contribution < 1.29 is 14.6 Å². The Hall–Kier alpha value is -1.56. The Bertz CT molecular complexity index is 370. The fourth-order valence-corrected chi connectivity index (χ4v) is 2.38. The van der Waals surface area contributed by atoms with Gasteiger partial charge in [-0.25, -0.2) is 4.79 Å². The normalized spacial score (nSPS) is 27.3. The van der Waals surface area contributed by atoms with Gasteiger partial charge in [-0.2, -0.15) is 0 Å². The molecule has 18 heavy (non-hydrogen) atoms. The Morgan fingerprint density at radius 3 is 3.11 bits per heavy atom. The van der Waals surface area contributed by atoms with Crippen LogP contribution in [0.5, 0.6) is 0 Å². The number of carbonyl (C=O) groups is 1. The van der Waals surface area contributed by atoms with E-state index in [2.05, 4.69) is 11.6 Å². The first kappa shape index (κ1) is 12.9. The highest BCUT2D eigenvalue weighted by Crippen LogP contribution is 2.22. The summed E-state index contributed by atoms with van der Waals surface area (Å²) < 4.78 is 5.03. The molecule has 2 rings (SSSR count). The van der Waals surface area contributed by atoms with Crippen LogP contribution in [0.15, 0.2) is 17.6 Å². The number of rotatable bonds is 3. The summed E-state index contributed by atoms with van der Waals surface area (Å²) in [6, 6.07) is -0.176. The van der Waals surface area contributed by atoms with Gasteiger partial charge in [-0.3, -0.25) is 9.89 Å². The van der Waals surface area contributed by atoms with E-state index in [1.165, 1.54) is 6.08 Å². The minimum atomic E-state index is -0.511. The maximum Gasteiger partial charge on any atom is 0.410 e. The maximum atomic E-state index is 11.9. The van der Waals surface area contributed by atoms with Crippen LogP contribution >= 0.6 is 0 Å². The average molecular weight is 253 g/mol. The van der Waals surface area contributed by atoms with E-state index in [-0.39, 0.29) is 12.6 Å². The summed E-state index contributed by atoms with van der Waals surface area (Å²) >= 11 is 0. The zero-order chi connectivity index (χ0) is 13.1. The van der Waals surface area contributed by atoms with Crippen LogP contribution in [0.1, 0.15) is 6.42 Å². The molecule has 2 heterocycles. The van der Waals surface area contributed by atoms with Crippen molar-refractivity contribution in [2.24, 2.45) is 4.99 Å². The van der Waals surface area contributed by atoms with E-state index in [4.69, 9.17) is 4.74 Å². The Labute approximate surface area is 107 Å². The number of amides is 1. The van der Waals surface area contributed by atoms with Crippen LogP contribution in [-0.2, 0) is 4.74 Å². The van der Waals surface area contributed by atoms with Crippen molar-refractivity contribution in [3.63, 3.8) is 0 Å². The van der Waals surface area contributed by atoms with E-state index >= 15 is 0 Å². The first-order valence-corrected chi connectivity index (χ1v) is 6.11. The van der Waals surface area contributed by atoms with Crippen LogP contribution in [0.2, 0.25) is 0 Å². The van der Waals surface area contributed by atoms with E-state index in [1.807, 2.05) is 11.9 Å². The molecule has 0 aromatic rings. The van der Waals surface area contributed by atoms with E-state index in [9.17, 15) is 9.90 Å². The van der Waals surface area contributed by atoms with E-state index in [1.54, 1.807) is 4.90 Å². The molecule has 0 aromatic carbocycles. The number of likely N-dealkylation sites (N-methyl/N-ethyl adjacent to an activating group) is 1. The largest absolute Gasteiger partial charge is 0.445 e. The van der Waals surface area contributed by atoms with Crippen LogP contribution in [0, 0.1) is 0 Å². The van der Waals surface area contributed by atoms with Gasteiger partial charge in [0.1, 0.15) is 12.4 Å². The molecular formula is C12H19N3O3. The average Bonchev–Trinajstić information content (AvgIpc) is 2.91. The Balaban J connectivity index is 2.07. The molecule has 2 atom stereocenters. The standard InChI is InChI=1S/C12H19N3O3/c1-3-6-18-12(17)15-8-9(16)7-10(15)11-13-4-5-14(11)2/h3,9-10,16H,1,4-8H2,2H3/t9-,10+/m1/s1. The molecule has 1 N–H and O–H groups in total. The number of amidine groups is 1. The molecule has 6 nitrogen and oxygen atoms in total. The molecule has 0 saturated carbocycles. The number of β-amino-alcohol motifs (C(OH)–C–C–N with tert-alkyl or cyclic N) is 1. The number of hydrogen-bond donors (Lipinski definition) is 1. The molecular weight excluding hydrogens is 234 g/mol. The summed E-state index contributed by atoms with van der Waals surface area (Å²) in [5.74, 6) is 0.863. The SMILES string of the molecule is C=CCOC(=O)N1C[C@H](O)C[C@H]1C1=NCCN1C. The Morgan fingerprint density at radius 2 is 2.50 bits per heavy atom. The minimum Gasteiger partial charge on any atom is -0.445 e. The van der Waals surface area contributed by atoms with Crippen LogP contribution in [0.3, 0.4) is 0 Å². The Kier molecular flexibility index (Phi) is 3.86. The quantitative estimate of drug-likeness (QED) is 0.724. The van der Waals surface area contributed by atoms with Gasteiger partial charge in [0.05, 0.1) is 25.2 Å². The van der Waals surface area contributed by atoms with Gasteiger partial charge in [0.25, 0.3) is 0 Å². The lowest BCUT2D eigenvalue weighted by molar-refractivity contribution is 0.107. The lowest BCUT2D eigenvalue weighted by Crippen LogP contribution is -2.45. The van der Waals surface area contributed by atoms with Gasteiger partial charge in [-0.05, 0) is 0 Å². The molecule has 2 aliphatic rings. The maximum absolute atomic E-state index is 11.9. The number of nitrogens with zero attached hydrogens (tertiary/aromatic N) is 3. The predicted molar refractivity (Wildman–Crippen MR) is 67.6 cm³/mol. The molecule has 1 saturated heterocycles. The van der Waals surface area contributed by atoms with Crippen molar-refractivity contribution in [1.29, 1.82) is 0 Å². The summed E-state index contributed by atoms with van der Waals surface area (Å²) in [6.45, 7) is 5.59. The highest BCUT2D eigenvalue weighted by Gasteiger charge is 2.40. The molecule has 2 aliphatic heterocycles. The number of carbonyl (C=O) groups excluding carboxylic acids is 1. The van der Waals surface area contributed by atoms with Crippen molar-refractivity contribution in [3.05, 3.63) is 12.7 Å². The highest BCUT2D eigenvalue weighted by atomic mass is 16.6. The monoisotopic (exact) mass is 253 g/mol. The first-order valence-electron chi connectivity index (χ1n) is 6.11. The summed E-state index contributed by atoms with van der Waals surface area (Å²) in [4.78, 5) is 19.9. The molecule has 0 radical (unpaired) electrons. The molecule has 0 aromatic heterocycles. The number of ether oxygens (including phenoxy) is 1. The summed E-state index contributed by atoms with van der Waals surface area (Å²) in [5, 5.41) is 9.75. The molecule has 6 heteroatoms. The second-order valence-corrected chi connectivity index (χ2v) is 4.58. The van der Waals surface area contributed by atoms with Crippen molar-refractivity contribution in [2.45, 2.75) is 18.6 Å². The predicted octanol–water partition coefficient (Wildman–Crippen LogP) is 0.0881. The van der Waals surface area contributed by atoms with Gasteiger partial charge < -0.3 is 14.7 Å². The fourth-order valence-electron chi connectivity index (χ4n) is 2.38. The number of aliphatic hydroxyl groups excluding tert-OH is 1. The zero-order valence-corrected chi connectivity index (χ0v) is 10.6. The summed E-state index contributed by atoms with van der Waals surface area (Å²) in [6.07, 6.45) is 1.12. The van der Waals surface area contributed by atoms with Crippen molar-refractivity contribution in [3.8, 4) is 0 Å². The van der Waals surface area contributed by atoms with Gasteiger partial charge in [0, 0.05) is 20.0 Å². The molecule has 1 fully saturated rings. The van der Waals surface area contributed by atoms with Crippen LogP contribution in [0.4, 0.5) is 4.79 Å². The van der Waals surface area contributed by atoms with Crippen LogP contribution in [-0.4, -0.2) is 72.3 Å². The molecule has 0 unspecified atom stereocenters.